The van der Waals surface area contributed by atoms with Crippen molar-refractivity contribution in [2.45, 2.75) is 6.42 Å². The van der Waals surface area contributed by atoms with Crippen LogP contribution in [0, 0.1) is 0 Å². The molecule has 148 valence electrons. The fourth-order valence-electron chi connectivity index (χ4n) is 3.90. The molecule has 0 atom stereocenters. The van der Waals surface area contributed by atoms with E-state index in [1.54, 1.807) is 12.2 Å². The number of nitrogens with zero attached hydrogens (tertiary/aromatic N) is 4. The van der Waals surface area contributed by atoms with Crippen molar-refractivity contribution in [2.24, 2.45) is 28.2 Å². The lowest BCUT2D eigenvalue weighted by Gasteiger charge is -2.02. The van der Waals surface area contributed by atoms with Crippen LogP contribution >= 0.6 is 0 Å². The van der Waals surface area contributed by atoms with E-state index in [4.69, 9.17) is 8.83 Å². The number of rotatable bonds is 0. The number of aryl methyl sites for hydroxylation is 2. The monoisotopic (exact) mass is 396 g/mol. The Hall–Kier alpha value is -3.82. The van der Waals surface area contributed by atoms with Crippen molar-refractivity contribution in [1.82, 2.24) is 18.3 Å². The lowest BCUT2D eigenvalue weighted by atomic mass is 10.1. The maximum absolute atomic E-state index is 12.7. The van der Waals surface area contributed by atoms with Crippen molar-refractivity contribution in [3.05, 3.63) is 64.3 Å². The van der Waals surface area contributed by atoms with Crippen molar-refractivity contribution in [2.75, 3.05) is 0 Å². The number of fused-ring (bicyclic) bond motifs is 6. The molecule has 0 aromatic carbocycles. The molecule has 29 heavy (non-hydrogen) atoms. The van der Waals surface area contributed by atoms with Gasteiger partial charge in [-0.15, -0.1) is 0 Å². The van der Waals surface area contributed by atoms with Crippen molar-refractivity contribution < 1.29 is 8.83 Å². The molecule has 0 amide bonds. The zero-order valence-electron chi connectivity index (χ0n) is 16.1. The van der Waals surface area contributed by atoms with Crippen LogP contribution in [0.1, 0.15) is 22.6 Å². The normalized spacial score (nSPS) is 13.1. The van der Waals surface area contributed by atoms with Gasteiger partial charge in [-0.05, 0) is 12.2 Å². The molecule has 4 aromatic heterocycles. The first-order chi connectivity index (χ1) is 13.7. The Balaban J connectivity index is 1.88. The third-order valence-electron chi connectivity index (χ3n) is 5.54. The third-order valence-corrected chi connectivity index (χ3v) is 5.54. The Bertz CT molecular complexity index is 1530. The van der Waals surface area contributed by atoms with Gasteiger partial charge in [0.25, 0.3) is 11.1 Å². The van der Waals surface area contributed by atoms with E-state index in [1.807, 2.05) is 0 Å². The number of furan rings is 2. The summed E-state index contributed by atoms with van der Waals surface area (Å²) in [6, 6.07) is 0. The van der Waals surface area contributed by atoms with Gasteiger partial charge in [0.15, 0.2) is 0 Å². The van der Waals surface area contributed by atoms with Crippen LogP contribution in [0.2, 0.25) is 0 Å². The Morgan fingerprint density at radius 2 is 1.03 bits per heavy atom. The number of hydrogen-bond donors (Lipinski definition) is 0. The lowest BCUT2D eigenvalue weighted by Crippen LogP contribution is -2.36. The molecular weight excluding hydrogens is 380 g/mol. The van der Waals surface area contributed by atoms with Crippen molar-refractivity contribution in [1.29, 1.82) is 0 Å². The molecule has 4 aromatic rings. The van der Waals surface area contributed by atoms with E-state index in [-0.39, 0.29) is 28.6 Å². The second kappa shape index (κ2) is 5.37. The van der Waals surface area contributed by atoms with E-state index in [0.29, 0.717) is 22.6 Å². The minimum atomic E-state index is -0.488. The summed E-state index contributed by atoms with van der Waals surface area (Å²) in [6.45, 7) is 0. The molecule has 0 fully saturated rings. The fourth-order valence-corrected chi connectivity index (χ4v) is 3.90. The average molecular weight is 396 g/mol. The summed E-state index contributed by atoms with van der Waals surface area (Å²) >= 11 is 0. The lowest BCUT2D eigenvalue weighted by molar-refractivity contribution is 0.484. The van der Waals surface area contributed by atoms with Gasteiger partial charge in [-0.1, -0.05) is 0 Å². The Morgan fingerprint density at radius 1 is 0.655 bits per heavy atom. The molecule has 0 bridgehead atoms. The molecule has 10 nitrogen and oxygen atoms in total. The van der Waals surface area contributed by atoms with Gasteiger partial charge in [0.2, 0.25) is 11.4 Å². The Morgan fingerprint density at radius 3 is 1.41 bits per heavy atom. The van der Waals surface area contributed by atoms with Gasteiger partial charge in [-0.25, -0.2) is 9.59 Å². The molecule has 0 aliphatic heterocycles. The molecule has 0 radical (unpaired) electrons. The second-order valence-electron chi connectivity index (χ2n) is 7.16. The molecule has 0 saturated carbocycles. The van der Waals surface area contributed by atoms with E-state index in [9.17, 15) is 19.2 Å². The predicted octanol–water partition coefficient (Wildman–Crippen LogP) is 0.0484. The van der Waals surface area contributed by atoms with Gasteiger partial charge in [-0.3, -0.25) is 27.9 Å². The first kappa shape index (κ1) is 17.3. The Kier molecular flexibility index (Phi) is 3.20. The molecule has 10 heteroatoms. The summed E-state index contributed by atoms with van der Waals surface area (Å²) in [5, 5.41) is 0.575. The van der Waals surface area contributed by atoms with Crippen LogP contribution < -0.4 is 22.5 Å². The quantitative estimate of drug-likeness (QED) is 0.365. The van der Waals surface area contributed by atoms with Crippen LogP contribution in [0.3, 0.4) is 0 Å². The SMILES string of the molecule is Cn1c(=O)c2c3c(oc2n(C)c1=O)Cc1oc2c(c1C=C3)c(=O)n(C)c(=O)n2C. The fraction of sp³-hybridized carbons (Fsp3) is 0.263. The van der Waals surface area contributed by atoms with Crippen LogP contribution in [0.15, 0.2) is 28.0 Å². The highest BCUT2D eigenvalue weighted by Gasteiger charge is 2.27. The van der Waals surface area contributed by atoms with Crippen molar-refractivity contribution in [3.63, 3.8) is 0 Å². The molecule has 0 N–H and O–H groups in total. The molecule has 1 aliphatic rings. The smallest absolute Gasteiger partial charge is 0.333 e. The van der Waals surface area contributed by atoms with Gasteiger partial charge in [0.05, 0.1) is 6.42 Å². The zero-order chi connectivity index (χ0) is 20.8. The van der Waals surface area contributed by atoms with Crippen LogP contribution in [-0.4, -0.2) is 18.3 Å². The molecule has 5 rings (SSSR count). The highest BCUT2D eigenvalue weighted by molar-refractivity contribution is 5.95. The van der Waals surface area contributed by atoms with Crippen LogP contribution in [0.25, 0.3) is 34.4 Å². The highest BCUT2D eigenvalue weighted by Crippen LogP contribution is 2.34. The van der Waals surface area contributed by atoms with Gasteiger partial charge in [0.1, 0.15) is 22.3 Å². The standard InChI is InChI=1S/C19H16N4O6/c1-20-14(24)12-8-5-6-9-11(7-10(8)28-16(12)22(3)18(20)26)29-17-13(9)15(25)21(2)19(27)23(17)4/h5-6H,7H2,1-4H3. The van der Waals surface area contributed by atoms with E-state index in [2.05, 4.69) is 0 Å². The second-order valence-corrected chi connectivity index (χ2v) is 7.16. The van der Waals surface area contributed by atoms with Gasteiger partial charge >= 0.3 is 11.4 Å². The summed E-state index contributed by atoms with van der Waals surface area (Å²) in [6.07, 6.45) is 3.52. The van der Waals surface area contributed by atoms with E-state index < -0.39 is 22.5 Å². The molecule has 1 aliphatic carbocycles. The minimum absolute atomic E-state index is 0.162. The predicted molar refractivity (Wildman–Crippen MR) is 105 cm³/mol. The molecule has 4 heterocycles. The molecular formula is C19H16N4O6. The third kappa shape index (κ3) is 2.00. The van der Waals surface area contributed by atoms with E-state index in [0.717, 1.165) is 9.13 Å². The highest BCUT2D eigenvalue weighted by atomic mass is 16.4. The maximum Gasteiger partial charge on any atom is 0.333 e. The Labute approximate surface area is 161 Å². The van der Waals surface area contributed by atoms with Crippen LogP contribution in [-0.2, 0) is 34.6 Å². The molecule has 0 spiro atoms. The van der Waals surface area contributed by atoms with Crippen LogP contribution in [0.4, 0.5) is 0 Å². The molecule has 0 unspecified atom stereocenters. The van der Waals surface area contributed by atoms with Crippen LogP contribution in [0.5, 0.6) is 0 Å². The van der Waals surface area contributed by atoms with E-state index >= 15 is 0 Å². The number of aromatic nitrogens is 4. The summed E-state index contributed by atoms with van der Waals surface area (Å²) in [7, 11) is 5.88. The average Bonchev–Trinajstić information content (AvgIpc) is 3.20. The summed E-state index contributed by atoms with van der Waals surface area (Å²) < 4.78 is 16.3. The first-order valence-electron chi connectivity index (χ1n) is 8.83. The summed E-state index contributed by atoms with van der Waals surface area (Å²) in [5.41, 5.74) is -0.462. The number of hydrogen-bond acceptors (Lipinski definition) is 6. The summed E-state index contributed by atoms with van der Waals surface area (Å²) in [5.74, 6) is 0.878. The largest absolute Gasteiger partial charge is 0.443 e. The summed E-state index contributed by atoms with van der Waals surface area (Å²) in [4.78, 5) is 49.8. The van der Waals surface area contributed by atoms with Gasteiger partial charge < -0.3 is 8.83 Å². The maximum atomic E-state index is 12.7. The van der Waals surface area contributed by atoms with Crippen molar-refractivity contribution in [3.8, 4) is 0 Å². The minimum Gasteiger partial charge on any atom is -0.443 e. The molecule has 0 saturated heterocycles. The van der Waals surface area contributed by atoms with Gasteiger partial charge in [0, 0.05) is 39.3 Å². The zero-order valence-corrected chi connectivity index (χ0v) is 16.1. The van der Waals surface area contributed by atoms with Gasteiger partial charge in [-0.2, -0.15) is 0 Å². The van der Waals surface area contributed by atoms with E-state index in [1.165, 1.54) is 37.3 Å². The van der Waals surface area contributed by atoms with Crippen molar-refractivity contribution >= 4 is 34.4 Å². The topological polar surface area (TPSA) is 114 Å². The first-order valence-corrected chi connectivity index (χ1v) is 8.83.